The van der Waals surface area contributed by atoms with Gasteiger partial charge >= 0.3 is 5.97 Å². The molecule has 22 heavy (non-hydrogen) atoms. The van der Waals surface area contributed by atoms with Gasteiger partial charge in [0.25, 0.3) is 0 Å². The van der Waals surface area contributed by atoms with Gasteiger partial charge in [0.05, 0.1) is 24.9 Å². The number of carbonyl (C=O) groups excluding carboxylic acids is 1. The molecule has 1 unspecified atom stereocenters. The monoisotopic (exact) mass is 305 g/mol. The maximum atomic E-state index is 11.6. The molecule has 0 bridgehead atoms. The fraction of sp³-hybridized carbons (Fsp3) is 0.625. The lowest BCUT2D eigenvalue weighted by atomic mass is 10.2. The third-order valence-electron chi connectivity index (χ3n) is 4.02. The Morgan fingerprint density at radius 2 is 2.36 bits per heavy atom. The molecule has 0 radical (unpaired) electrons. The summed E-state index contributed by atoms with van der Waals surface area (Å²) in [5, 5.41) is 3.28. The number of ether oxygens (including phenoxy) is 2. The van der Waals surface area contributed by atoms with E-state index in [0.29, 0.717) is 12.2 Å². The Hall–Kier alpha value is -1.66. The Kier molecular flexibility index (Phi) is 4.90. The summed E-state index contributed by atoms with van der Waals surface area (Å²) < 4.78 is 10.7. The predicted molar refractivity (Wildman–Crippen MR) is 83.0 cm³/mol. The van der Waals surface area contributed by atoms with Crippen molar-refractivity contribution in [3.8, 4) is 0 Å². The van der Waals surface area contributed by atoms with Gasteiger partial charge in [-0.2, -0.15) is 0 Å². The lowest BCUT2D eigenvalue weighted by Crippen LogP contribution is -2.46. The molecule has 1 aromatic rings. The highest BCUT2D eigenvalue weighted by atomic mass is 16.5. The van der Waals surface area contributed by atoms with Crippen LogP contribution in [0, 0.1) is 0 Å². The van der Waals surface area contributed by atoms with E-state index in [2.05, 4.69) is 15.2 Å². The van der Waals surface area contributed by atoms with Gasteiger partial charge in [-0.1, -0.05) is 0 Å². The van der Waals surface area contributed by atoms with Crippen LogP contribution in [-0.2, 0) is 9.47 Å². The molecule has 6 heteroatoms. The molecule has 6 nitrogen and oxygen atoms in total. The second-order valence-corrected chi connectivity index (χ2v) is 5.75. The van der Waals surface area contributed by atoms with Gasteiger partial charge in [-0.05, 0) is 31.9 Å². The Balaban J connectivity index is 1.47. The molecule has 1 N–H and O–H groups in total. The molecule has 2 heterocycles. The first kappa shape index (κ1) is 15.2. The zero-order valence-corrected chi connectivity index (χ0v) is 13.0. The summed E-state index contributed by atoms with van der Waals surface area (Å²) in [4.78, 5) is 18.3. The lowest BCUT2D eigenvalue weighted by Gasteiger charge is -2.33. The number of carbonyl (C=O) groups is 1. The summed E-state index contributed by atoms with van der Waals surface area (Å²) in [6, 6.07) is 4.31. The van der Waals surface area contributed by atoms with Gasteiger partial charge in [-0.3, -0.25) is 4.90 Å². The highest BCUT2D eigenvalue weighted by Crippen LogP contribution is 2.28. The maximum Gasteiger partial charge on any atom is 0.339 e. The van der Waals surface area contributed by atoms with Crippen LogP contribution in [0.25, 0.3) is 0 Å². The van der Waals surface area contributed by atoms with Gasteiger partial charge in [-0.25, -0.2) is 9.78 Å². The van der Waals surface area contributed by atoms with Crippen LogP contribution in [0.4, 0.5) is 5.82 Å². The number of pyridine rings is 1. The molecule has 120 valence electrons. The zero-order chi connectivity index (χ0) is 15.4. The normalized spacial score (nSPS) is 22.3. The van der Waals surface area contributed by atoms with Crippen molar-refractivity contribution in [2.45, 2.75) is 31.9 Å². The van der Waals surface area contributed by atoms with E-state index >= 15 is 0 Å². The fourth-order valence-electron chi connectivity index (χ4n) is 2.69. The van der Waals surface area contributed by atoms with Crippen LogP contribution < -0.4 is 5.32 Å². The van der Waals surface area contributed by atoms with Gasteiger partial charge in [0.1, 0.15) is 5.82 Å². The molecule has 2 aliphatic rings. The average Bonchev–Trinajstić information content (AvgIpc) is 3.39. The van der Waals surface area contributed by atoms with Crippen LogP contribution >= 0.6 is 0 Å². The Morgan fingerprint density at radius 1 is 1.50 bits per heavy atom. The van der Waals surface area contributed by atoms with Crippen molar-refractivity contribution < 1.29 is 14.3 Å². The first-order valence-corrected chi connectivity index (χ1v) is 7.99. The Labute approximate surface area is 130 Å². The molecule has 1 atom stereocenters. The molecule has 0 aromatic carbocycles. The van der Waals surface area contributed by atoms with Crippen molar-refractivity contribution >= 4 is 11.8 Å². The number of rotatable bonds is 6. The zero-order valence-electron chi connectivity index (χ0n) is 13.0. The molecular weight excluding hydrogens is 282 g/mol. The lowest BCUT2D eigenvalue weighted by molar-refractivity contribution is -0.0241. The molecule has 0 amide bonds. The van der Waals surface area contributed by atoms with Crippen LogP contribution in [0.3, 0.4) is 0 Å². The van der Waals surface area contributed by atoms with E-state index in [4.69, 9.17) is 9.47 Å². The van der Waals surface area contributed by atoms with Crippen LogP contribution in [0.1, 0.15) is 30.1 Å². The number of esters is 1. The number of anilines is 1. The largest absolute Gasteiger partial charge is 0.462 e. The summed E-state index contributed by atoms with van der Waals surface area (Å²) >= 11 is 0. The van der Waals surface area contributed by atoms with Crippen molar-refractivity contribution in [3.63, 3.8) is 0 Å². The van der Waals surface area contributed by atoms with Crippen LogP contribution in [0.5, 0.6) is 0 Å². The molecule has 1 aliphatic carbocycles. The number of hydrogen-bond acceptors (Lipinski definition) is 6. The molecule has 3 rings (SSSR count). The van der Waals surface area contributed by atoms with E-state index in [-0.39, 0.29) is 12.1 Å². The van der Waals surface area contributed by atoms with E-state index in [0.717, 1.165) is 38.1 Å². The quantitative estimate of drug-likeness (QED) is 0.804. The third-order valence-corrected chi connectivity index (χ3v) is 4.02. The molecule has 0 spiro atoms. The van der Waals surface area contributed by atoms with Crippen molar-refractivity contribution in [3.05, 3.63) is 23.9 Å². The highest BCUT2D eigenvalue weighted by molar-refractivity contribution is 5.89. The van der Waals surface area contributed by atoms with E-state index < -0.39 is 0 Å². The predicted octanol–water partition coefficient (Wildman–Crippen LogP) is 1.53. The Bertz CT molecular complexity index is 502. The first-order valence-electron chi connectivity index (χ1n) is 7.99. The minimum absolute atomic E-state index is 0.195. The molecule has 1 aliphatic heterocycles. The van der Waals surface area contributed by atoms with E-state index in [1.54, 1.807) is 25.3 Å². The SMILES string of the molecule is CCOC(=O)c1ccc(NCC2CN(C3CC3)CCO2)nc1. The first-order chi connectivity index (χ1) is 10.8. The van der Waals surface area contributed by atoms with Gasteiger partial charge in [-0.15, -0.1) is 0 Å². The van der Waals surface area contributed by atoms with Crippen molar-refractivity contribution in [1.82, 2.24) is 9.88 Å². The van der Waals surface area contributed by atoms with Crippen molar-refractivity contribution in [1.29, 1.82) is 0 Å². The number of hydrogen-bond donors (Lipinski definition) is 1. The number of aromatic nitrogens is 1. The van der Waals surface area contributed by atoms with Gasteiger partial charge in [0.15, 0.2) is 0 Å². The van der Waals surface area contributed by atoms with Gasteiger partial charge < -0.3 is 14.8 Å². The second kappa shape index (κ2) is 7.07. The van der Waals surface area contributed by atoms with Crippen molar-refractivity contribution in [2.75, 3.05) is 38.2 Å². The summed E-state index contributed by atoms with van der Waals surface area (Å²) in [6.07, 6.45) is 4.40. The fourth-order valence-corrected chi connectivity index (χ4v) is 2.69. The van der Waals surface area contributed by atoms with Crippen LogP contribution in [-0.4, -0.2) is 60.8 Å². The van der Waals surface area contributed by atoms with Crippen LogP contribution in [0.15, 0.2) is 18.3 Å². The second-order valence-electron chi connectivity index (χ2n) is 5.75. The van der Waals surface area contributed by atoms with E-state index in [1.807, 2.05) is 0 Å². The van der Waals surface area contributed by atoms with E-state index in [1.165, 1.54) is 12.8 Å². The number of nitrogens with zero attached hydrogens (tertiary/aromatic N) is 2. The minimum atomic E-state index is -0.336. The standard InChI is InChI=1S/C16H23N3O3/c1-2-21-16(20)12-3-6-15(17-9-12)18-10-14-11-19(7-8-22-14)13-4-5-13/h3,6,9,13-14H,2,4-5,7-8,10-11H2,1H3,(H,17,18). The summed E-state index contributed by atoms with van der Waals surface area (Å²) in [6.45, 7) is 5.73. The molecular formula is C16H23N3O3. The van der Waals surface area contributed by atoms with E-state index in [9.17, 15) is 4.79 Å². The topological polar surface area (TPSA) is 63.7 Å². The van der Waals surface area contributed by atoms with Gasteiger partial charge in [0.2, 0.25) is 0 Å². The summed E-state index contributed by atoms with van der Waals surface area (Å²) in [5.41, 5.74) is 0.473. The minimum Gasteiger partial charge on any atom is -0.462 e. The number of morpholine rings is 1. The maximum absolute atomic E-state index is 11.6. The molecule has 1 saturated heterocycles. The van der Waals surface area contributed by atoms with Crippen LogP contribution in [0.2, 0.25) is 0 Å². The summed E-state index contributed by atoms with van der Waals surface area (Å²) in [5.74, 6) is 0.414. The van der Waals surface area contributed by atoms with Crippen molar-refractivity contribution in [2.24, 2.45) is 0 Å². The molecule has 2 fully saturated rings. The van der Waals surface area contributed by atoms with Gasteiger partial charge in [0, 0.05) is 31.9 Å². The molecule has 1 saturated carbocycles. The molecule has 1 aromatic heterocycles. The summed E-state index contributed by atoms with van der Waals surface area (Å²) in [7, 11) is 0. The third kappa shape index (κ3) is 3.96. The Morgan fingerprint density at radius 3 is 3.05 bits per heavy atom. The smallest absolute Gasteiger partial charge is 0.339 e. The average molecular weight is 305 g/mol. The number of nitrogens with one attached hydrogen (secondary N) is 1. The highest BCUT2D eigenvalue weighted by Gasteiger charge is 2.32.